The minimum absolute atomic E-state index is 0.132. The fourth-order valence-electron chi connectivity index (χ4n) is 4.65. The summed E-state index contributed by atoms with van der Waals surface area (Å²) in [6, 6.07) is 20.8. The third-order valence-electron chi connectivity index (χ3n) is 6.21. The maximum atomic E-state index is 11.4. The monoisotopic (exact) mass is 461 g/mol. The summed E-state index contributed by atoms with van der Waals surface area (Å²) in [4.78, 5) is 15.6. The van der Waals surface area contributed by atoms with E-state index in [1.54, 1.807) is 6.20 Å². The van der Waals surface area contributed by atoms with Gasteiger partial charge in [-0.2, -0.15) is 0 Å². The number of carboxylic acid groups (broad SMARTS) is 1. The van der Waals surface area contributed by atoms with Crippen LogP contribution < -0.4 is 11.1 Å². The number of carbonyl (C=O) groups is 1. The van der Waals surface area contributed by atoms with Crippen LogP contribution in [0.2, 0.25) is 0 Å². The molecule has 180 valence electrons. The van der Waals surface area contributed by atoms with E-state index in [9.17, 15) is 15.0 Å². The standard InChI is InChI=1S/C28H35N3O3/c1-28(2,3)25(21-13-11-20(12-14-21)22-10-7-15-30-18-22)26(29)24(32)17-23(31-27(33)34)16-19-8-5-4-6-9-19/h4-15,18,23-26,31-32H,16-17,29H2,1-3H3,(H,33,34)/t23-,24-,25?,26+/m0/s1. The van der Waals surface area contributed by atoms with Gasteiger partial charge in [0.2, 0.25) is 0 Å². The SMILES string of the molecule is CC(C)(C)C(c1ccc(-c2cccnc2)cc1)[C@H](N)[C@@H](O)C[C@H](Cc1ccccc1)NC(=O)O. The highest BCUT2D eigenvalue weighted by molar-refractivity contribution is 5.65. The van der Waals surface area contributed by atoms with Gasteiger partial charge in [-0.1, -0.05) is 81.4 Å². The Labute approximate surface area is 201 Å². The number of aliphatic hydroxyl groups is 1. The van der Waals surface area contributed by atoms with E-state index in [0.29, 0.717) is 6.42 Å². The van der Waals surface area contributed by atoms with E-state index in [-0.39, 0.29) is 17.8 Å². The molecule has 5 N–H and O–H groups in total. The van der Waals surface area contributed by atoms with Gasteiger partial charge < -0.3 is 21.3 Å². The van der Waals surface area contributed by atoms with Crippen LogP contribution in [0, 0.1) is 5.41 Å². The predicted octanol–water partition coefficient (Wildman–Crippen LogP) is 4.84. The molecule has 4 atom stereocenters. The van der Waals surface area contributed by atoms with Crippen molar-refractivity contribution in [1.82, 2.24) is 10.3 Å². The maximum Gasteiger partial charge on any atom is 0.404 e. The molecule has 0 aliphatic carbocycles. The van der Waals surface area contributed by atoms with Crippen molar-refractivity contribution < 1.29 is 15.0 Å². The summed E-state index contributed by atoms with van der Waals surface area (Å²) in [6.45, 7) is 6.32. The summed E-state index contributed by atoms with van der Waals surface area (Å²) >= 11 is 0. The highest BCUT2D eigenvalue weighted by Crippen LogP contribution is 2.39. The van der Waals surface area contributed by atoms with Gasteiger partial charge in [-0.05, 0) is 46.6 Å². The van der Waals surface area contributed by atoms with Gasteiger partial charge in [-0.25, -0.2) is 4.79 Å². The molecule has 0 bridgehead atoms. The lowest BCUT2D eigenvalue weighted by molar-refractivity contribution is 0.0874. The molecule has 1 heterocycles. The van der Waals surface area contributed by atoms with Crippen LogP contribution in [-0.2, 0) is 6.42 Å². The summed E-state index contributed by atoms with van der Waals surface area (Å²) in [6.07, 6.45) is 2.29. The molecular weight excluding hydrogens is 426 g/mol. The molecule has 3 rings (SSSR count). The first-order chi connectivity index (χ1) is 16.1. The van der Waals surface area contributed by atoms with Crippen LogP contribution in [0.5, 0.6) is 0 Å². The maximum absolute atomic E-state index is 11.4. The number of nitrogens with zero attached hydrogens (tertiary/aromatic N) is 1. The van der Waals surface area contributed by atoms with Crippen molar-refractivity contribution in [3.63, 3.8) is 0 Å². The van der Waals surface area contributed by atoms with E-state index in [4.69, 9.17) is 5.73 Å². The van der Waals surface area contributed by atoms with Gasteiger partial charge in [0.05, 0.1) is 6.10 Å². The Kier molecular flexibility index (Phi) is 8.42. The minimum Gasteiger partial charge on any atom is -0.465 e. The number of amides is 1. The molecule has 0 aliphatic rings. The zero-order valence-corrected chi connectivity index (χ0v) is 20.1. The molecule has 0 aliphatic heterocycles. The van der Waals surface area contributed by atoms with Crippen LogP contribution in [-0.4, -0.2) is 39.5 Å². The van der Waals surface area contributed by atoms with Crippen molar-refractivity contribution in [2.45, 2.75) is 57.7 Å². The molecule has 6 nitrogen and oxygen atoms in total. The van der Waals surface area contributed by atoms with Crippen LogP contribution >= 0.6 is 0 Å². The Bertz CT molecular complexity index is 1030. The molecular formula is C28H35N3O3. The molecule has 0 saturated carbocycles. The molecule has 3 aromatic rings. The van der Waals surface area contributed by atoms with Crippen molar-refractivity contribution >= 4 is 6.09 Å². The number of benzene rings is 2. The first kappa shape index (κ1) is 25.4. The summed E-state index contributed by atoms with van der Waals surface area (Å²) in [5, 5.41) is 23.0. The average molecular weight is 462 g/mol. The lowest BCUT2D eigenvalue weighted by Gasteiger charge is -2.38. The topological polar surface area (TPSA) is 108 Å². The van der Waals surface area contributed by atoms with E-state index >= 15 is 0 Å². The average Bonchev–Trinajstić information content (AvgIpc) is 2.79. The molecule has 1 amide bonds. The summed E-state index contributed by atoms with van der Waals surface area (Å²) in [5.74, 6) is -0.132. The zero-order valence-electron chi connectivity index (χ0n) is 20.1. The first-order valence-electron chi connectivity index (χ1n) is 11.6. The van der Waals surface area contributed by atoms with Gasteiger partial charge in [0, 0.05) is 30.4 Å². The van der Waals surface area contributed by atoms with Crippen LogP contribution in [0.4, 0.5) is 4.79 Å². The summed E-state index contributed by atoms with van der Waals surface area (Å²) in [7, 11) is 0. The number of hydrogen-bond donors (Lipinski definition) is 4. The van der Waals surface area contributed by atoms with Crippen LogP contribution in [0.15, 0.2) is 79.1 Å². The number of rotatable bonds is 9. The zero-order chi connectivity index (χ0) is 24.7. The number of aromatic nitrogens is 1. The van der Waals surface area contributed by atoms with Crippen molar-refractivity contribution in [3.05, 3.63) is 90.3 Å². The molecule has 2 aromatic carbocycles. The molecule has 1 aromatic heterocycles. The minimum atomic E-state index is -1.11. The van der Waals surface area contributed by atoms with Crippen molar-refractivity contribution in [3.8, 4) is 11.1 Å². The molecule has 0 fully saturated rings. The van der Waals surface area contributed by atoms with Gasteiger partial charge in [0.15, 0.2) is 0 Å². The highest BCUT2D eigenvalue weighted by atomic mass is 16.4. The summed E-state index contributed by atoms with van der Waals surface area (Å²) in [5.41, 5.74) is 10.6. The second-order valence-corrected chi connectivity index (χ2v) is 9.92. The quantitative estimate of drug-likeness (QED) is 0.365. The number of nitrogens with one attached hydrogen (secondary N) is 1. The van der Waals surface area contributed by atoms with Gasteiger partial charge in [-0.3, -0.25) is 4.98 Å². The third kappa shape index (κ3) is 6.89. The Hall–Kier alpha value is -3.22. The smallest absolute Gasteiger partial charge is 0.404 e. The Morgan fingerprint density at radius 1 is 1.00 bits per heavy atom. The molecule has 0 saturated heterocycles. The molecule has 6 heteroatoms. The number of nitrogens with two attached hydrogens (primary N) is 1. The van der Waals surface area contributed by atoms with Gasteiger partial charge in [0.25, 0.3) is 0 Å². The second-order valence-electron chi connectivity index (χ2n) is 9.92. The molecule has 0 radical (unpaired) electrons. The normalized spacial score (nSPS) is 15.2. The number of hydrogen-bond acceptors (Lipinski definition) is 4. The third-order valence-corrected chi connectivity index (χ3v) is 6.21. The van der Waals surface area contributed by atoms with Crippen molar-refractivity contribution in [2.75, 3.05) is 0 Å². The van der Waals surface area contributed by atoms with Gasteiger partial charge in [0.1, 0.15) is 0 Å². The van der Waals surface area contributed by atoms with E-state index in [1.165, 1.54) is 0 Å². The highest BCUT2D eigenvalue weighted by Gasteiger charge is 2.36. The van der Waals surface area contributed by atoms with Crippen molar-refractivity contribution in [2.24, 2.45) is 11.1 Å². The molecule has 34 heavy (non-hydrogen) atoms. The first-order valence-corrected chi connectivity index (χ1v) is 11.6. The number of pyridine rings is 1. The Morgan fingerprint density at radius 3 is 2.24 bits per heavy atom. The van der Waals surface area contributed by atoms with E-state index < -0.39 is 24.3 Å². The Morgan fingerprint density at radius 2 is 1.68 bits per heavy atom. The predicted molar refractivity (Wildman–Crippen MR) is 136 cm³/mol. The molecule has 1 unspecified atom stereocenters. The van der Waals surface area contributed by atoms with E-state index in [0.717, 1.165) is 22.3 Å². The van der Waals surface area contributed by atoms with Crippen LogP contribution in [0.25, 0.3) is 11.1 Å². The lowest BCUT2D eigenvalue weighted by atomic mass is 9.70. The largest absolute Gasteiger partial charge is 0.465 e. The Balaban J connectivity index is 1.79. The lowest BCUT2D eigenvalue weighted by Crippen LogP contribution is -2.48. The fraction of sp³-hybridized carbons (Fsp3) is 0.357. The number of aliphatic hydroxyl groups excluding tert-OH is 1. The van der Waals surface area contributed by atoms with Gasteiger partial charge in [-0.15, -0.1) is 0 Å². The second kappa shape index (κ2) is 11.3. The van der Waals surface area contributed by atoms with Crippen LogP contribution in [0.3, 0.4) is 0 Å². The van der Waals surface area contributed by atoms with Gasteiger partial charge >= 0.3 is 6.09 Å². The summed E-state index contributed by atoms with van der Waals surface area (Å²) < 4.78 is 0. The van der Waals surface area contributed by atoms with E-state index in [1.807, 2.05) is 60.8 Å². The molecule has 0 spiro atoms. The van der Waals surface area contributed by atoms with Crippen molar-refractivity contribution in [1.29, 1.82) is 0 Å². The van der Waals surface area contributed by atoms with Crippen LogP contribution in [0.1, 0.15) is 44.2 Å². The fourth-order valence-corrected chi connectivity index (χ4v) is 4.65. The van der Waals surface area contributed by atoms with E-state index in [2.05, 4.69) is 43.2 Å².